The van der Waals surface area contributed by atoms with Crippen molar-refractivity contribution in [2.75, 3.05) is 25.0 Å². The van der Waals surface area contributed by atoms with Crippen LogP contribution in [-0.2, 0) is 0 Å². The number of carbonyl (C=O) groups excluding carboxylic acids is 1. The minimum absolute atomic E-state index is 0.119. The van der Waals surface area contributed by atoms with E-state index in [1.807, 2.05) is 48.5 Å². The summed E-state index contributed by atoms with van der Waals surface area (Å²) in [6.45, 7) is 3.71. The Balaban J connectivity index is 1.61. The molecule has 2 aromatic rings. The lowest BCUT2D eigenvalue weighted by Gasteiger charge is -2.44. The summed E-state index contributed by atoms with van der Waals surface area (Å²) in [6.07, 6.45) is 1.80. The maximum atomic E-state index is 12.3. The second-order valence-electron chi connectivity index (χ2n) is 5.15. The van der Waals surface area contributed by atoms with Gasteiger partial charge in [-0.25, -0.2) is 4.98 Å². The van der Waals surface area contributed by atoms with Gasteiger partial charge in [0.15, 0.2) is 0 Å². The first kappa shape index (κ1) is 13.1. The number of anilines is 1. The molecule has 0 radical (unpaired) electrons. The van der Waals surface area contributed by atoms with Crippen LogP contribution >= 0.6 is 11.3 Å². The number of aryl methyl sites for hydroxylation is 1. The molecule has 4 nitrogen and oxygen atoms in total. The third-order valence-electron chi connectivity index (χ3n) is 3.64. The number of aromatic nitrogens is 1. The van der Waals surface area contributed by atoms with Gasteiger partial charge in [-0.3, -0.25) is 4.79 Å². The predicted octanol–water partition coefficient (Wildman–Crippen LogP) is 2.41. The lowest BCUT2D eigenvalue weighted by atomic mass is 10.1. The molecule has 5 heteroatoms. The van der Waals surface area contributed by atoms with Gasteiger partial charge < -0.3 is 9.80 Å². The molecule has 0 atom stereocenters. The molecule has 20 heavy (non-hydrogen) atoms. The molecule has 0 aromatic carbocycles. The highest BCUT2D eigenvalue weighted by molar-refractivity contribution is 7.12. The molecule has 0 saturated carbocycles. The molecule has 3 heterocycles. The molecule has 0 N–H and O–H groups in total. The Morgan fingerprint density at radius 1 is 1.45 bits per heavy atom. The van der Waals surface area contributed by atoms with E-state index in [4.69, 9.17) is 0 Å². The van der Waals surface area contributed by atoms with Crippen LogP contribution in [0.25, 0.3) is 0 Å². The predicted molar refractivity (Wildman–Crippen MR) is 81.4 cm³/mol. The first-order valence-corrected chi connectivity index (χ1v) is 7.51. The molecule has 1 saturated heterocycles. The van der Waals surface area contributed by atoms with Gasteiger partial charge in [0.25, 0.3) is 5.91 Å². The highest BCUT2D eigenvalue weighted by Crippen LogP contribution is 2.23. The highest BCUT2D eigenvalue weighted by Gasteiger charge is 2.33. The van der Waals surface area contributed by atoms with E-state index in [1.165, 1.54) is 11.3 Å². The Morgan fingerprint density at radius 2 is 2.25 bits per heavy atom. The van der Waals surface area contributed by atoms with E-state index in [1.54, 1.807) is 6.20 Å². The summed E-state index contributed by atoms with van der Waals surface area (Å²) in [6, 6.07) is 8.13. The molecular formula is C15H17N3OS. The van der Waals surface area contributed by atoms with E-state index in [9.17, 15) is 4.79 Å². The van der Waals surface area contributed by atoms with Crippen molar-refractivity contribution in [2.45, 2.75) is 13.0 Å². The van der Waals surface area contributed by atoms with Crippen LogP contribution in [0.1, 0.15) is 15.2 Å². The minimum atomic E-state index is 0.119. The third-order valence-corrected chi connectivity index (χ3v) is 4.68. The van der Waals surface area contributed by atoms with Crippen molar-refractivity contribution >= 4 is 23.1 Å². The fraction of sp³-hybridized carbons (Fsp3) is 0.333. The summed E-state index contributed by atoms with van der Waals surface area (Å²) >= 11 is 1.52. The number of nitrogens with zero attached hydrogens (tertiary/aromatic N) is 3. The van der Waals surface area contributed by atoms with Crippen LogP contribution in [0.4, 0.5) is 5.82 Å². The van der Waals surface area contributed by atoms with Gasteiger partial charge in [0.2, 0.25) is 0 Å². The fourth-order valence-corrected chi connectivity index (χ4v) is 3.19. The maximum Gasteiger partial charge on any atom is 0.264 e. The molecule has 1 aliphatic heterocycles. The quantitative estimate of drug-likeness (QED) is 0.870. The molecule has 104 valence electrons. The lowest BCUT2D eigenvalue weighted by Crippen LogP contribution is -2.60. The van der Waals surface area contributed by atoms with E-state index < -0.39 is 0 Å². The highest BCUT2D eigenvalue weighted by atomic mass is 32.1. The zero-order chi connectivity index (χ0) is 14.1. The number of likely N-dealkylation sites (N-methyl/N-ethyl adjacent to an activating group) is 1. The lowest BCUT2D eigenvalue weighted by molar-refractivity contribution is 0.0710. The van der Waals surface area contributed by atoms with Crippen LogP contribution in [0.3, 0.4) is 0 Å². The van der Waals surface area contributed by atoms with E-state index in [0.29, 0.717) is 0 Å². The molecule has 2 aromatic heterocycles. The largest absolute Gasteiger partial charge is 0.352 e. The van der Waals surface area contributed by atoms with E-state index in [2.05, 4.69) is 9.88 Å². The van der Waals surface area contributed by atoms with Crippen molar-refractivity contribution < 1.29 is 4.79 Å². The Morgan fingerprint density at radius 3 is 2.85 bits per heavy atom. The maximum absolute atomic E-state index is 12.3. The van der Waals surface area contributed by atoms with Gasteiger partial charge in [-0.1, -0.05) is 6.07 Å². The summed E-state index contributed by atoms with van der Waals surface area (Å²) in [5.74, 6) is 1.10. The minimum Gasteiger partial charge on any atom is -0.352 e. The average molecular weight is 287 g/mol. The summed E-state index contributed by atoms with van der Waals surface area (Å²) in [5.41, 5.74) is 1.15. The monoisotopic (exact) mass is 287 g/mol. The first-order valence-electron chi connectivity index (χ1n) is 6.63. The molecule has 3 rings (SSSR count). The molecule has 0 aliphatic carbocycles. The molecule has 1 amide bonds. The number of rotatable bonds is 3. The average Bonchev–Trinajstić information content (AvgIpc) is 2.84. The van der Waals surface area contributed by atoms with Crippen LogP contribution < -0.4 is 4.90 Å². The van der Waals surface area contributed by atoms with Crippen LogP contribution in [0.5, 0.6) is 0 Å². The van der Waals surface area contributed by atoms with Gasteiger partial charge in [0.05, 0.1) is 10.9 Å². The summed E-state index contributed by atoms with van der Waals surface area (Å²) in [4.78, 5) is 21.5. The van der Waals surface area contributed by atoms with Crippen LogP contribution in [0.15, 0.2) is 35.8 Å². The van der Waals surface area contributed by atoms with Crippen molar-refractivity contribution in [1.29, 1.82) is 0 Å². The van der Waals surface area contributed by atoms with Crippen molar-refractivity contribution in [2.24, 2.45) is 0 Å². The molecule has 1 fully saturated rings. The molecule has 0 spiro atoms. The fourth-order valence-electron chi connectivity index (χ4n) is 2.31. The normalized spacial score (nSPS) is 15.0. The van der Waals surface area contributed by atoms with Gasteiger partial charge in [-0.05, 0) is 36.1 Å². The number of thiophene rings is 1. The van der Waals surface area contributed by atoms with E-state index in [-0.39, 0.29) is 11.9 Å². The second-order valence-corrected chi connectivity index (χ2v) is 6.06. The van der Waals surface area contributed by atoms with Gasteiger partial charge >= 0.3 is 0 Å². The number of pyridine rings is 1. The molecule has 0 bridgehead atoms. The second kappa shape index (κ2) is 5.25. The van der Waals surface area contributed by atoms with Gasteiger partial charge in [-0.15, -0.1) is 11.3 Å². The van der Waals surface area contributed by atoms with E-state index >= 15 is 0 Å². The van der Waals surface area contributed by atoms with Crippen molar-refractivity contribution in [1.82, 2.24) is 9.88 Å². The van der Waals surface area contributed by atoms with Crippen LogP contribution in [0.2, 0.25) is 0 Å². The Labute approximate surface area is 122 Å². The van der Waals surface area contributed by atoms with Crippen molar-refractivity contribution in [3.05, 3.63) is 46.3 Å². The Bertz CT molecular complexity index is 605. The van der Waals surface area contributed by atoms with Gasteiger partial charge in [-0.2, -0.15) is 0 Å². The topological polar surface area (TPSA) is 36.4 Å². The smallest absolute Gasteiger partial charge is 0.264 e. The summed E-state index contributed by atoms with van der Waals surface area (Å²) in [5, 5.41) is 2.02. The zero-order valence-corrected chi connectivity index (χ0v) is 12.4. The van der Waals surface area contributed by atoms with E-state index in [0.717, 1.165) is 29.3 Å². The van der Waals surface area contributed by atoms with Gasteiger partial charge in [0, 0.05) is 26.3 Å². The van der Waals surface area contributed by atoms with Crippen molar-refractivity contribution in [3.63, 3.8) is 0 Å². The zero-order valence-electron chi connectivity index (χ0n) is 11.6. The number of hydrogen-bond acceptors (Lipinski definition) is 4. The molecule has 0 unspecified atom stereocenters. The van der Waals surface area contributed by atoms with Crippen LogP contribution in [0, 0.1) is 6.92 Å². The Kier molecular flexibility index (Phi) is 3.44. The van der Waals surface area contributed by atoms with Crippen molar-refractivity contribution in [3.8, 4) is 0 Å². The summed E-state index contributed by atoms with van der Waals surface area (Å²) in [7, 11) is 1.89. The number of carbonyl (C=O) groups is 1. The van der Waals surface area contributed by atoms with Crippen LogP contribution in [-0.4, -0.2) is 42.0 Å². The molecular weight excluding hydrogens is 270 g/mol. The first-order chi connectivity index (χ1) is 9.65. The number of amides is 1. The summed E-state index contributed by atoms with van der Waals surface area (Å²) < 4.78 is 0. The standard InChI is InChI=1S/C15H17N3OS/c1-11-7-13(20-10-11)15(19)17(2)12-8-18(9-12)14-5-3-4-6-16-14/h3-7,10,12H,8-9H2,1-2H3. The Hall–Kier alpha value is -1.88. The SMILES string of the molecule is Cc1csc(C(=O)N(C)C2CN(c3ccccn3)C2)c1. The molecule has 1 aliphatic rings. The van der Waals surface area contributed by atoms with Gasteiger partial charge in [0.1, 0.15) is 5.82 Å². The third kappa shape index (κ3) is 2.41. The number of hydrogen-bond donors (Lipinski definition) is 0.